The minimum absolute atomic E-state index is 0.0937. The number of benzene rings is 2. The van der Waals surface area contributed by atoms with Gasteiger partial charge in [0.15, 0.2) is 0 Å². The maximum atomic E-state index is 12.5. The first kappa shape index (κ1) is 17.8. The summed E-state index contributed by atoms with van der Waals surface area (Å²) >= 11 is 0. The number of hydrogen-bond acceptors (Lipinski definition) is 5. The summed E-state index contributed by atoms with van der Waals surface area (Å²) in [4.78, 5) is 31.5. The fourth-order valence-corrected chi connectivity index (χ4v) is 3.29. The van der Waals surface area contributed by atoms with Crippen LogP contribution in [0.2, 0.25) is 0 Å². The Balaban J connectivity index is 1.31. The standard InChI is InChI=1S/C20H22N6O2/c27-19(15-4-2-1-3-5-15)26-12-10-25(11-13-26)17-8-6-16(7-9-17)21-14-18-22-20(28)24-23-18/h1-9,21H,10-14H2,(H2,22,23,24,28). The molecule has 1 saturated heterocycles. The second-order valence-electron chi connectivity index (χ2n) is 6.66. The van der Waals surface area contributed by atoms with Gasteiger partial charge in [-0.15, -0.1) is 0 Å². The van der Waals surface area contributed by atoms with Gasteiger partial charge in [0.2, 0.25) is 0 Å². The van der Waals surface area contributed by atoms with Gasteiger partial charge < -0.3 is 15.1 Å². The molecule has 0 unspecified atom stereocenters. The zero-order chi connectivity index (χ0) is 19.3. The van der Waals surface area contributed by atoms with Crippen molar-refractivity contribution in [3.63, 3.8) is 0 Å². The summed E-state index contributed by atoms with van der Waals surface area (Å²) in [6.45, 7) is 3.47. The Morgan fingerprint density at radius 2 is 1.68 bits per heavy atom. The van der Waals surface area contributed by atoms with Crippen molar-refractivity contribution in [3.8, 4) is 0 Å². The quantitative estimate of drug-likeness (QED) is 0.628. The van der Waals surface area contributed by atoms with E-state index in [0.29, 0.717) is 25.5 Å². The first-order valence-electron chi connectivity index (χ1n) is 9.26. The van der Waals surface area contributed by atoms with Crippen molar-refractivity contribution >= 4 is 17.3 Å². The van der Waals surface area contributed by atoms with Crippen molar-refractivity contribution in [3.05, 3.63) is 76.5 Å². The average molecular weight is 378 g/mol. The summed E-state index contributed by atoms with van der Waals surface area (Å²) < 4.78 is 0. The van der Waals surface area contributed by atoms with E-state index in [2.05, 4.69) is 37.5 Å². The van der Waals surface area contributed by atoms with Crippen molar-refractivity contribution in [1.29, 1.82) is 0 Å². The molecule has 0 aliphatic carbocycles. The maximum Gasteiger partial charge on any atom is 0.361 e. The number of nitrogens with one attached hydrogen (secondary N) is 3. The van der Waals surface area contributed by atoms with Crippen LogP contribution >= 0.6 is 0 Å². The molecule has 144 valence electrons. The molecule has 0 saturated carbocycles. The second kappa shape index (κ2) is 7.99. The summed E-state index contributed by atoms with van der Waals surface area (Å²) in [5, 5.41) is 8.35. The summed E-state index contributed by atoms with van der Waals surface area (Å²) in [7, 11) is 0. The molecule has 28 heavy (non-hydrogen) atoms. The molecule has 0 bridgehead atoms. The first-order chi connectivity index (χ1) is 13.7. The van der Waals surface area contributed by atoms with Crippen molar-refractivity contribution in [2.45, 2.75) is 6.54 Å². The van der Waals surface area contributed by atoms with Gasteiger partial charge in [-0.1, -0.05) is 18.2 Å². The molecule has 0 atom stereocenters. The largest absolute Gasteiger partial charge is 0.378 e. The van der Waals surface area contributed by atoms with Crippen LogP contribution in [0.3, 0.4) is 0 Å². The van der Waals surface area contributed by atoms with E-state index in [-0.39, 0.29) is 11.6 Å². The molecule has 0 radical (unpaired) electrons. The number of hydrogen-bond donors (Lipinski definition) is 3. The molecule has 0 spiro atoms. The molecule has 1 amide bonds. The smallest absolute Gasteiger partial charge is 0.361 e. The van der Waals surface area contributed by atoms with E-state index in [9.17, 15) is 9.59 Å². The molecule has 4 rings (SSSR count). The lowest BCUT2D eigenvalue weighted by molar-refractivity contribution is 0.0747. The maximum absolute atomic E-state index is 12.5. The molecular formula is C20H22N6O2. The van der Waals surface area contributed by atoms with Gasteiger partial charge in [0.1, 0.15) is 5.82 Å². The number of aromatic nitrogens is 3. The van der Waals surface area contributed by atoms with Crippen molar-refractivity contribution in [2.75, 3.05) is 36.4 Å². The van der Waals surface area contributed by atoms with Crippen LogP contribution in [0.1, 0.15) is 16.2 Å². The first-order valence-corrected chi connectivity index (χ1v) is 9.26. The van der Waals surface area contributed by atoms with Gasteiger partial charge in [-0.2, -0.15) is 4.98 Å². The topological polar surface area (TPSA) is 97.1 Å². The Morgan fingerprint density at radius 1 is 0.964 bits per heavy atom. The van der Waals surface area contributed by atoms with Crippen LogP contribution in [-0.4, -0.2) is 52.2 Å². The zero-order valence-electron chi connectivity index (χ0n) is 15.4. The Labute approximate surface area is 162 Å². The van der Waals surface area contributed by atoms with E-state index in [0.717, 1.165) is 30.0 Å². The normalized spacial score (nSPS) is 14.1. The predicted octanol–water partition coefficient (Wildman–Crippen LogP) is 1.67. The molecule has 2 aromatic carbocycles. The molecule has 1 aromatic heterocycles. The second-order valence-corrected chi connectivity index (χ2v) is 6.66. The molecule has 1 fully saturated rings. The number of aromatic amines is 2. The Kier molecular flexibility index (Phi) is 5.09. The molecular weight excluding hydrogens is 356 g/mol. The highest BCUT2D eigenvalue weighted by Gasteiger charge is 2.22. The van der Waals surface area contributed by atoms with Gasteiger partial charge in [0.05, 0.1) is 6.54 Å². The van der Waals surface area contributed by atoms with Gasteiger partial charge in [-0.3, -0.25) is 9.89 Å². The average Bonchev–Trinajstić information content (AvgIpc) is 3.18. The number of anilines is 2. The van der Waals surface area contributed by atoms with E-state index < -0.39 is 0 Å². The van der Waals surface area contributed by atoms with Crippen molar-refractivity contribution < 1.29 is 4.79 Å². The van der Waals surface area contributed by atoms with Crippen LogP contribution in [0.25, 0.3) is 0 Å². The third-order valence-corrected chi connectivity index (χ3v) is 4.83. The zero-order valence-corrected chi connectivity index (χ0v) is 15.4. The van der Waals surface area contributed by atoms with Crippen LogP contribution in [0, 0.1) is 0 Å². The van der Waals surface area contributed by atoms with Gasteiger partial charge >= 0.3 is 5.69 Å². The highest BCUT2D eigenvalue weighted by molar-refractivity contribution is 5.94. The van der Waals surface area contributed by atoms with Gasteiger partial charge in [-0.25, -0.2) is 9.89 Å². The van der Waals surface area contributed by atoms with Gasteiger partial charge in [0, 0.05) is 43.1 Å². The number of rotatable bonds is 5. The number of H-pyrrole nitrogens is 2. The lowest BCUT2D eigenvalue weighted by atomic mass is 10.1. The van der Waals surface area contributed by atoms with E-state index in [1.54, 1.807) is 0 Å². The fourth-order valence-electron chi connectivity index (χ4n) is 3.29. The Bertz CT molecular complexity index is 972. The molecule has 3 N–H and O–H groups in total. The van der Waals surface area contributed by atoms with Crippen LogP contribution in [-0.2, 0) is 6.54 Å². The van der Waals surface area contributed by atoms with E-state index >= 15 is 0 Å². The highest BCUT2D eigenvalue weighted by Crippen LogP contribution is 2.20. The van der Waals surface area contributed by atoms with Crippen LogP contribution in [0.5, 0.6) is 0 Å². The Hall–Kier alpha value is -3.55. The highest BCUT2D eigenvalue weighted by atomic mass is 16.2. The summed E-state index contributed by atoms with van der Waals surface area (Å²) in [5.74, 6) is 0.657. The lowest BCUT2D eigenvalue weighted by Gasteiger charge is -2.36. The molecule has 3 aromatic rings. The van der Waals surface area contributed by atoms with E-state index in [1.165, 1.54) is 0 Å². The van der Waals surface area contributed by atoms with E-state index in [4.69, 9.17) is 0 Å². The van der Waals surface area contributed by atoms with Crippen LogP contribution in [0.4, 0.5) is 11.4 Å². The van der Waals surface area contributed by atoms with Crippen LogP contribution in [0.15, 0.2) is 59.4 Å². The molecule has 1 aliphatic rings. The molecule has 8 heteroatoms. The Morgan fingerprint density at radius 3 is 2.32 bits per heavy atom. The van der Waals surface area contributed by atoms with Gasteiger partial charge in [0.25, 0.3) is 5.91 Å². The monoisotopic (exact) mass is 378 g/mol. The molecule has 8 nitrogen and oxygen atoms in total. The van der Waals surface area contributed by atoms with Gasteiger partial charge in [-0.05, 0) is 36.4 Å². The van der Waals surface area contributed by atoms with E-state index in [1.807, 2.05) is 47.4 Å². The molecule has 2 heterocycles. The number of piperazine rings is 1. The number of carbonyl (C=O) groups excluding carboxylic acids is 1. The minimum Gasteiger partial charge on any atom is -0.378 e. The van der Waals surface area contributed by atoms with Crippen LogP contribution < -0.4 is 15.9 Å². The van der Waals surface area contributed by atoms with Crippen molar-refractivity contribution in [2.24, 2.45) is 0 Å². The summed E-state index contributed by atoms with van der Waals surface area (Å²) in [6.07, 6.45) is 0. The SMILES string of the molecule is O=C(c1ccccc1)N1CCN(c2ccc(NCc3nc(=O)[nH][nH]3)cc2)CC1. The summed E-state index contributed by atoms with van der Waals surface area (Å²) in [5.41, 5.74) is 2.44. The number of nitrogens with zero attached hydrogens (tertiary/aromatic N) is 3. The third-order valence-electron chi connectivity index (χ3n) is 4.83. The number of carbonyl (C=O) groups is 1. The summed E-state index contributed by atoms with van der Waals surface area (Å²) in [6, 6.07) is 17.5. The lowest BCUT2D eigenvalue weighted by Crippen LogP contribution is -2.48. The minimum atomic E-state index is -0.378. The predicted molar refractivity (Wildman–Crippen MR) is 108 cm³/mol. The number of amides is 1. The third kappa shape index (κ3) is 4.06. The van der Waals surface area contributed by atoms with Crippen molar-refractivity contribution in [1.82, 2.24) is 20.1 Å². The fraction of sp³-hybridized carbons (Fsp3) is 0.250. The molecule has 1 aliphatic heterocycles.